The number of hydrogen-bond acceptors (Lipinski definition) is 11. The molecule has 3 saturated carbocycles. The van der Waals surface area contributed by atoms with E-state index in [-0.39, 0.29) is 59.5 Å². The van der Waals surface area contributed by atoms with E-state index in [9.17, 15) is 19.5 Å². The van der Waals surface area contributed by atoms with E-state index in [4.69, 9.17) is 10.5 Å². The first kappa shape index (κ1) is 36.9. The molecule has 10 atom stereocenters. The second-order valence-electron chi connectivity index (χ2n) is 17.3. The van der Waals surface area contributed by atoms with Crippen molar-refractivity contribution < 1.29 is 24.2 Å². The van der Waals surface area contributed by atoms with Crippen LogP contribution in [0.4, 0.5) is 5.82 Å². The quantitative estimate of drug-likeness (QED) is 0.305. The third kappa shape index (κ3) is 6.04. The molecule has 5 fully saturated rings. The number of esters is 1. The Balaban J connectivity index is 0.990. The Hall–Kier alpha value is -3.42. The van der Waals surface area contributed by atoms with Crippen molar-refractivity contribution in [2.24, 2.45) is 39.7 Å². The summed E-state index contributed by atoms with van der Waals surface area (Å²) in [5.74, 6) is 0.595. The maximum atomic E-state index is 13.9. The average molecular weight is 719 g/mol. The zero-order valence-corrected chi connectivity index (χ0v) is 31.7. The molecule has 0 radical (unpaired) electrons. The lowest BCUT2D eigenvalue weighted by Gasteiger charge is -2.61. The number of aliphatic hydroxyl groups is 1. The number of piperazine rings is 1. The topological polar surface area (TPSA) is 160 Å². The molecule has 284 valence electrons. The normalized spacial score (nSPS) is 38.2. The number of aryl methyl sites for hydroxylation is 1. The Morgan fingerprint density at radius 1 is 1.10 bits per heavy atom. The van der Waals surface area contributed by atoms with Crippen LogP contribution in [0, 0.1) is 34.0 Å². The smallest absolute Gasteiger partial charge is 0.320 e. The fourth-order valence-electron chi connectivity index (χ4n) is 10.9. The number of ketones is 1. The highest BCUT2D eigenvalue weighted by Gasteiger charge is 2.68. The van der Waals surface area contributed by atoms with Gasteiger partial charge in [-0.25, -0.2) is 15.0 Å². The molecule has 2 saturated heterocycles. The van der Waals surface area contributed by atoms with Gasteiger partial charge in [-0.15, -0.1) is 6.58 Å². The Morgan fingerprint density at radius 3 is 2.60 bits per heavy atom. The molecule has 2 bridgehead atoms. The molecule has 13 nitrogen and oxygen atoms in total. The van der Waals surface area contributed by atoms with Crippen LogP contribution in [0.15, 0.2) is 25.3 Å². The van der Waals surface area contributed by atoms with Crippen LogP contribution in [0.3, 0.4) is 0 Å². The first-order valence-corrected chi connectivity index (χ1v) is 19.4. The van der Waals surface area contributed by atoms with Gasteiger partial charge in [-0.05, 0) is 56.3 Å². The molecule has 7 rings (SSSR count). The minimum atomic E-state index is -0.698. The number of ether oxygens (including phenoxy) is 1. The molecule has 0 spiro atoms. The van der Waals surface area contributed by atoms with Gasteiger partial charge in [-0.2, -0.15) is 0 Å². The van der Waals surface area contributed by atoms with Crippen LogP contribution in [0.25, 0.3) is 11.2 Å². The summed E-state index contributed by atoms with van der Waals surface area (Å²) in [5, 5.41) is 11.8. The van der Waals surface area contributed by atoms with Gasteiger partial charge >= 0.3 is 5.97 Å². The molecule has 0 aromatic carbocycles. The largest absolute Gasteiger partial charge is 0.461 e. The van der Waals surface area contributed by atoms with Crippen LogP contribution < -0.4 is 10.6 Å². The standard InChI is InChI=1S/C39H58N8O5/c1-7-37(5)18-29(38(6)24(2)8-12-39(26(4)34(37)51)13-9-28(48)33(38)39)52-31(50)21-44-16-17-45(19-25(44)3)30(49)11-15-47-23-43-32-35(41-22-42-36(32)47)46-14-10-27(40)20-46/h7,22-27,29,33-34,51H,1,8-21,40H2,2-6H3/t24-,25?,26+,27?,29-,33-,34+,37-,38+,39+/m1/s1. The van der Waals surface area contributed by atoms with E-state index >= 15 is 0 Å². The Morgan fingerprint density at radius 2 is 1.88 bits per heavy atom. The molecule has 3 N–H and O–H groups in total. The van der Waals surface area contributed by atoms with Crippen molar-refractivity contribution in [2.75, 3.05) is 44.2 Å². The van der Waals surface area contributed by atoms with Crippen LogP contribution in [-0.4, -0.2) is 116 Å². The lowest BCUT2D eigenvalue weighted by molar-refractivity contribution is -0.207. The number of fused-ring (bicyclic) bond motifs is 1. The van der Waals surface area contributed by atoms with Gasteiger partial charge in [0.15, 0.2) is 17.0 Å². The second-order valence-corrected chi connectivity index (χ2v) is 17.3. The van der Waals surface area contributed by atoms with Crippen LogP contribution in [0.1, 0.15) is 79.6 Å². The average Bonchev–Trinajstić information content (AvgIpc) is 3.85. The molecule has 52 heavy (non-hydrogen) atoms. The van der Waals surface area contributed by atoms with Crippen molar-refractivity contribution in [1.82, 2.24) is 29.3 Å². The van der Waals surface area contributed by atoms with Gasteiger partial charge in [-0.1, -0.05) is 33.8 Å². The van der Waals surface area contributed by atoms with Gasteiger partial charge in [0.1, 0.15) is 18.2 Å². The zero-order chi connectivity index (χ0) is 37.2. The fourth-order valence-corrected chi connectivity index (χ4v) is 10.9. The number of hydrogen-bond donors (Lipinski definition) is 2. The van der Waals surface area contributed by atoms with E-state index < -0.39 is 23.0 Å². The van der Waals surface area contributed by atoms with Gasteiger partial charge in [0.25, 0.3) is 0 Å². The summed E-state index contributed by atoms with van der Waals surface area (Å²) in [7, 11) is 0. The minimum absolute atomic E-state index is 0.0469. The second kappa shape index (κ2) is 13.8. The predicted molar refractivity (Wildman–Crippen MR) is 197 cm³/mol. The highest BCUT2D eigenvalue weighted by Crippen LogP contribution is 2.68. The van der Waals surface area contributed by atoms with Crippen LogP contribution >= 0.6 is 0 Å². The van der Waals surface area contributed by atoms with Crippen molar-refractivity contribution in [3.63, 3.8) is 0 Å². The number of nitrogens with zero attached hydrogens (tertiary/aromatic N) is 7. The predicted octanol–water partition coefficient (Wildman–Crippen LogP) is 3.19. The summed E-state index contributed by atoms with van der Waals surface area (Å²) in [6.07, 6.45) is 8.61. The lowest BCUT2D eigenvalue weighted by Crippen LogP contribution is -2.63. The third-order valence-electron chi connectivity index (χ3n) is 14.5. The molecule has 2 aromatic heterocycles. The number of amides is 1. The van der Waals surface area contributed by atoms with E-state index in [1.54, 1.807) is 12.7 Å². The van der Waals surface area contributed by atoms with Crippen molar-refractivity contribution in [3.05, 3.63) is 25.3 Å². The van der Waals surface area contributed by atoms with Crippen LogP contribution in [0.2, 0.25) is 0 Å². The van der Waals surface area contributed by atoms with Crippen molar-refractivity contribution in [1.29, 1.82) is 0 Å². The highest BCUT2D eigenvalue weighted by atomic mass is 16.5. The van der Waals surface area contributed by atoms with Gasteiger partial charge in [0.2, 0.25) is 5.91 Å². The lowest BCUT2D eigenvalue weighted by atomic mass is 9.44. The van der Waals surface area contributed by atoms with E-state index in [1.807, 2.05) is 29.4 Å². The molecule has 1 amide bonds. The molecule has 2 unspecified atom stereocenters. The van der Waals surface area contributed by atoms with Crippen molar-refractivity contribution in [3.8, 4) is 0 Å². The molecule has 3 aliphatic carbocycles. The van der Waals surface area contributed by atoms with Gasteiger partial charge in [0, 0.05) is 80.9 Å². The number of Topliss-reactive ketones (excluding diaryl/α,β-unsaturated/α-hetero) is 1. The monoisotopic (exact) mass is 718 g/mol. The Labute approximate surface area is 307 Å². The van der Waals surface area contributed by atoms with E-state index in [0.717, 1.165) is 50.1 Å². The first-order chi connectivity index (χ1) is 24.7. The summed E-state index contributed by atoms with van der Waals surface area (Å²) in [6.45, 7) is 18.4. The highest BCUT2D eigenvalue weighted by molar-refractivity contribution is 5.86. The summed E-state index contributed by atoms with van der Waals surface area (Å²) in [5.41, 5.74) is 6.01. The summed E-state index contributed by atoms with van der Waals surface area (Å²) >= 11 is 0. The number of carbonyl (C=O) groups is 3. The SMILES string of the molecule is C=C[C@]1(C)C[C@@H](OC(=O)CN2CCN(C(=O)CCn3cnc4c(N5CCC(N)C5)ncnc43)CC2C)[C@]2(C)[C@H](C)CC[C@]3(CCC(=O)[C@@H]32)[C@@H](C)[C@@H]1O. The molecule has 13 heteroatoms. The molecule has 2 aliphatic heterocycles. The zero-order valence-electron chi connectivity index (χ0n) is 31.7. The number of aliphatic hydroxyl groups excluding tert-OH is 1. The number of aromatic nitrogens is 4. The van der Waals surface area contributed by atoms with E-state index in [2.05, 4.69) is 52.1 Å². The van der Waals surface area contributed by atoms with E-state index in [0.29, 0.717) is 51.1 Å². The van der Waals surface area contributed by atoms with Crippen molar-refractivity contribution >= 4 is 34.6 Å². The van der Waals surface area contributed by atoms with Crippen LogP contribution in [-0.2, 0) is 25.7 Å². The third-order valence-corrected chi connectivity index (χ3v) is 14.5. The minimum Gasteiger partial charge on any atom is -0.461 e. The number of rotatable bonds is 8. The number of anilines is 1. The maximum Gasteiger partial charge on any atom is 0.320 e. The molecule has 4 heterocycles. The summed E-state index contributed by atoms with van der Waals surface area (Å²) in [4.78, 5) is 60.7. The Bertz CT molecular complexity index is 1720. The number of nitrogens with two attached hydrogens (primary N) is 1. The number of carbonyl (C=O) groups excluding carboxylic acids is 3. The first-order valence-electron chi connectivity index (χ1n) is 19.4. The van der Waals surface area contributed by atoms with Crippen molar-refractivity contribution in [2.45, 2.75) is 110 Å². The van der Waals surface area contributed by atoms with Gasteiger partial charge in [-0.3, -0.25) is 19.3 Å². The maximum absolute atomic E-state index is 13.9. The van der Waals surface area contributed by atoms with E-state index in [1.165, 1.54) is 0 Å². The van der Waals surface area contributed by atoms with Gasteiger partial charge in [0.05, 0.1) is 19.0 Å². The Kier molecular flexibility index (Phi) is 9.78. The molecule has 2 aromatic rings. The van der Waals surface area contributed by atoms with Gasteiger partial charge < -0.3 is 29.9 Å². The number of imidazole rings is 1. The summed E-state index contributed by atoms with van der Waals surface area (Å²) in [6, 6.07) is 0.0728. The van der Waals surface area contributed by atoms with Crippen LogP contribution in [0.5, 0.6) is 0 Å². The molecular weight excluding hydrogens is 660 g/mol. The molecule has 5 aliphatic rings. The summed E-state index contributed by atoms with van der Waals surface area (Å²) < 4.78 is 8.42. The molecular formula is C39H58N8O5. The fraction of sp³-hybridized carbons (Fsp3) is 0.744.